The zero-order valence-corrected chi connectivity index (χ0v) is 18.8. The second-order valence-corrected chi connectivity index (χ2v) is 7.84. The third-order valence-corrected chi connectivity index (χ3v) is 5.35. The largest absolute Gasteiger partial charge is 0.419 e. The molecule has 0 bridgehead atoms. The highest BCUT2D eigenvalue weighted by molar-refractivity contribution is 6.00. The van der Waals surface area contributed by atoms with Gasteiger partial charge in [0.15, 0.2) is 5.82 Å². The predicted molar refractivity (Wildman–Crippen MR) is 122 cm³/mol. The first-order valence-corrected chi connectivity index (χ1v) is 10.5. The van der Waals surface area contributed by atoms with E-state index in [-0.39, 0.29) is 31.1 Å². The maximum absolute atomic E-state index is 14.7. The number of benzene rings is 1. The Morgan fingerprint density at radius 3 is 2.69 bits per heavy atom. The van der Waals surface area contributed by atoms with Crippen molar-refractivity contribution in [2.45, 2.75) is 31.5 Å². The number of nitrogens with zero attached hydrogens (tertiary/aromatic N) is 5. The lowest BCUT2D eigenvalue weighted by Gasteiger charge is -2.28. The number of aliphatic imine (C=N–C) groups is 2. The Morgan fingerprint density at radius 1 is 1.31 bits per heavy atom. The summed E-state index contributed by atoms with van der Waals surface area (Å²) in [6.45, 7) is 3.82. The van der Waals surface area contributed by atoms with Gasteiger partial charge in [-0.1, -0.05) is 17.7 Å². The molecule has 1 unspecified atom stereocenters. The van der Waals surface area contributed by atoms with Crippen LogP contribution in [0.2, 0.25) is 0 Å². The Labute approximate surface area is 198 Å². The maximum Gasteiger partial charge on any atom is 0.419 e. The molecule has 1 fully saturated rings. The molecular formula is C23H23F5N6O. The number of amides is 1. The second-order valence-electron chi connectivity index (χ2n) is 7.84. The molecule has 2 heterocycles. The number of allylic oxidation sites excluding steroid dienone is 1. The summed E-state index contributed by atoms with van der Waals surface area (Å²) in [7, 11) is 0. The number of aryl methyl sites for hydroxylation is 1. The van der Waals surface area contributed by atoms with E-state index in [1.165, 1.54) is 12.4 Å². The van der Waals surface area contributed by atoms with Crippen molar-refractivity contribution in [2.75, 3.05) is 19.8 Å². The van der Waals surface area contributed by atoms with Gasteiger partial charge in [0, 0.05) is 49.9 Å². The van der Waals surface area contributed by atoms with Crippen molar-refractivity contribution >= 4 is 18.8 Å². The predicted octanol–water partition coefficient (Wildman–Crippen LogP) is 4.07. The minimum absolute atomic E-state index is 0.184. The Bertz CT molecular complexity index is 1120. The van der Waals surface area contributed by atoms with Crippen LogP contribution in [0.4, 0.5) is 22.0 Å². The van der Waals surface area contributed by atoms with Crippen molar-refractivity contribution in [3.05, 3.63) is 59.6 Å². The van der Waals surface area contributed by atoms with Crippen LogP contribution < -0.4 is 5.32 Å². The number of hydrogen-bond acceptors (Lipinski definition) is 6. The van der Waals surface area contributed by atoms with Crippen LogP contribution in [-0.2, 0) is 0 Å². The van der Waals surface area contributed by atoms with Crippen molar-refractivity contribution in [3.8, 4) is 11.4 Å². The lowest BCUT2D eigenvalue weighted by Crippen LogP contribution is -2.48. The van der Waals surface area contributed by atoms with Crippen LogP contribution >= 0.6 is 0 Å². The van der Waals surface area contributed by atoms with E-state index in [9.17, 15) is 26.7 Å². The van der Waals surface area contributed by atoms with E-state index < -0.39 is 36.0 Å². The van der Waals surface area contributed by atoms with Crippen molar-refractivity contribution < 1.29 is 26.7 Å². The molecule has 1 aromatic carbocycles. The average molecular weight is 494 g/mol. The third kappa shape index (κ3) is 6.32. The monoisotopic (exact) mass is 494 g/mol. The SMILES string of the molecule is C=N/C=C(\C=NCNCC1N(C(=O)c2cc(C)ccc2-c2ncccn2)CCC1(F)F)C(F)(F)F. The molecule has 1 amide bonds. The minimum Gasteiger partial charge on any atom is -0.328 e. The van der Waals surface area contributed by atoms with Gasteiger partial charge in [-0.25, -0.2) is 18.7 Å². The maximum atomic E-state index is 14.7. The molecule has 0 spiro atoms. The lowest BCUT2D eigenvalue weighted by atomic mass is 10.0. The van der Waals surface area contributed by atoms with Crippen LogP contribution in [0.15, 0.2) is 58.4 Å². The number of rotatable bonds is 8. The van der Waals surface area contributed by atoms with Crippen LogP contribution in [-0.4, -0.2) is 71.6 Å². The highest BCUT2D eigenvalue weighted by Crippen LogP contribution is 2.36. The van der Waals surface area contributed by atoms with E-state index in [0.717, 1.165) is 10.5 Å². The summed E-state index contributed by atoms with van der Waals surface area (Å²) in [4.78, 5) is 29.4. The minimum atomic E-state index is -4.68. The summed E-state index contributed by atoms with van der Waals surface area (Å²) in [5, 5.41) is 2.59. The van der Waals surface area contributed by atoms with Gasteiger partial charge in [0.1, 0.15) is 6.04 Å². The number of halogens is 5. The number of aromatic nitrogens is 2. The van der Waals surface area contributed by atoms with Gasteiger partial charge in [-0.2, -0.15) is 13.2 Å². The first-order valence-electron chi connectivity index (χ1n) is 10.5. The van der Waals surface area contributed by atoms with E-state index in [2.05, 4.69) is 32.0 Å². The summed E-state index contributed by atoms with van der Waals surface area (Å²) in [6.07, 6.45) is -1.15. The van der Waals surface area contributed by atoms with Crippen LogP contribution in [0.3, 0.4) is 0 Å². The van der Waals surface area contributed by atoms with E-state index >= 15 is 0 Å². The van der Waals surface area contributed by atoms with Gasteiger partial charge in [-0.05, 0) is 25.8 Å². The summed E-state index contributed by atoms with van der Waals surface area (Å²) in [5.74, 6) is -3.51. The normalized spacial score (nSPS) is 18.3. The lowest BCUT2D eigenvalue weighted by molar-refractivity contribution is -0.0857. The summed E-state index contributed by atoms with van der Waals surface area (Å²) >= 11 is 0. The molecular weight excluding hydrogens is 471 g/mol. The Kier molecular flexibility index (Phi) is 8.05. The van der Waals surface area contributed by atoms with Crippen molar-refractivity contribution in [3.63, 3.8) is 0 Å². The topological polar surface area (TPSA) is 82.8 Å². The van der Waals surface area contributed by atoms with Gasteiger partial charge in [-0.3, -0.25) is 20.1 Å². The molecule has 1 aliphatic rings. The van der Waals surface area contributed by atoms with Crippen LogP contribution in [0.5, 0.6) is 0 Å². The molecule has 0 radical (unpaired) electrons. The molecule has 1 aliphatic heterocycles. The fourth-order valence-corrected chi connectivity index (χ4v) is 3.63. The zero-order chi connectivity index (χ0) is 25.6. The number of alkyl halides is 5. The molecule has 0 aliphatic carbocycles. The third-order valence-electron chi connectivity index (χ3n) is 5.35. The Balaban J connectivity index is 1.77. The molecule has 0 saturated carbocycles. The molecule has 2 aromatic rings. The van der Waals surface area contributed by atoms with Gasteiger partial charge in [0.05, 0.1) is 17.8 Å². The van der Waals surface area contributed by atoms with Crippen LogP contribution in [0.25, 0.3) is 11.4 Å². The number of nitrogens with one attached hydrogen (secondary N) is 1. The van der Waals surface area contributed by atoms with Crippen molar-refractivity contribution in [1.29, 1.82) is 0 Å². The number of likely N-dealkylation sites (tertiary alicyclic amines) is 1. The molecule has 186 valence electrons. The molecule has 1 N–H and O–H groups in total. The second kappa shape index (κ2) is 10.8. The van der Waals surface area contributed by atoms with E-state index in [1.54, 1.807) is 31.2 Å². The summed E-state index contributed by atoms with van der Waals surface area (Å²) in [6, 6.07) is 5.13. The Morgan fingerprint density at radius 2 is 2.03 bits per heavy atom. The zero-order valence-electron chi connectivity index (χ0n) is 18.8. The standard InChI is InChI=1S/C23H23F5N6O/c1-15-4-5-17(20-32-7-3-8-33-20)18(10-15)21(35)34-9-6-22(24,25)19(34)13-31-14-30-12-16(11-29-2)23(26,27)28/h3-5,7-8,10-12,19,31H,2,6,9,13-14H2,1H3/b16-11+,30-12?. The smallest absolute Gasteiger partial charge is 0.328 e. The van der Waals surface area contributed by atoms with Gasteiger partial charge < -0.3 is 4.90 Å². The van der Waals surface area contributed by atoms with Crippen LogP contribution in [0.1, 0.15) is 22.3 Å². The first-order chi connectivity index (χ1) is 16.5. The van der Waals surface area contributed by atoms with Gasteiger partial charge >= 0.3 is 6.18 Å². The quantitative estimate of drug-likeness (QED) is 0.341. The number of carbonyl (C=O) groups is 1. The van der Waals surface area contributed by atoms with E-state index in [4.69, 9.17) is 0 Å². The molecule has 1 saturated heterocycles. The molecule has 1 atom stereocenters. The van der Waals surface area contributed by atoms with Crippen molar-refractivity contribution in [2.24, 2.45) is 9.98 Å². The van der Waals surface area contributed by atoms with E-state index in [1.807, 2.05) is 0 Å². The molecule has 1 aromatic heterocycles. The van der Waals surface area contributed by atoms with Gasteiger partial charge in [0.25, 0.3) is 11.8 Å². The fraction of sp³-hybridized carbons (Fsp3) is 0.348. The van der Waals surface area contributed by atoms with Crippen molar-refractivity contribution in [1.82, 2.24) is 20.2 Å². The number of carbonyl (C=O) groups excluding carboxylic acids is 1. The van der Waals surface area contributed by atoms with Gasteiger partial charge in [0.2, 0.25) is 0 Å². The van der Waals surface area contributed by atoms with E-state index in [0.29, 0.717) is 18.0 Å². The average Bonchev–Trinajstić information content (AvgIpc) is 3.11. The highest BCUT2D eigenvalue weighted by Gasteiger charge is 2.50. The Hall–Kier alpha value is -3.54. The fourth-order valence-electron chi connectivity index (χ4n) is 3.63. The molecule has 7 nitrogen and oxygen atoms in total. The number of hydrogen-bond donors (Lipinski definition) is 1. The molecule has 12 heteroatoms. The van der Waals surface area contributed by atoms with Crippen LogP contribution in [0, 0.1) is 6.92 Å². The highest BCUT2D eigenvalue weighted by atomic mass is 19.4. The molecule has 3 rings (SSSR count). The van der Waals surface area contributed by atoms with Gasteiger partial charge in [-0.15, -0.1) is 0 Å². The first kappa shape index (κ1) is 26.1. The molecule has 35 heavy (non-hydrogen) atoms. The summed E-state index contributed by atoms with van der Waals surface area (Å²) in [5.41, 5.74) is 0.224. The summed E-state index contributed by atoms with van der Waals surface area (Å²) < 4.78 is 67.8.